The molecule has 2 aromatic carbocycles. The Labute approximate surface area is 119 Å². The first-order valence-electron chi connectivity index (χ1n) is 5.65. The Bertz CT molecular complexity index is 644. The van der Waals surface area contributed by atoms with Crippen molar-refractivity contribution in [3.8, 4) is 5.75 Å². The third kappa shape index (κ3) is 3.03. The van der Waals surface area contributed by atoms with Gasteiger partial charge in [-0.2, -0.15) is 0 Å². The molecule has 6 heteroatoms. The van der Waals surface area contributed by atoms with Gasteiger partial charge in [0.05, 0.1) is 12.7 Å². The minimum absolute atomic E-state index is 0.0888. The zero-order chi connectivity index (χ0) is 14.7. The maximum atomic E-state index is 13.8. The van der Waals surface area contributed by atoms with Gasteiger partial charge in [-0.25, -0.2) is 9.18 Å². The predicted molar refractivity (Wildman–Crippen MR) is 74.9 cm³/mol. The van der Waals surface area contributed by atoms with Crippen LogP contribution in [0.4, 0.5) is 10.1 Å². The molecule has 0 atom stereocenters. The van der Waals surface area contributed by atoms with Crippen LogP contribution in [-0.4, -0.2) is 18.2 Å². The normalized spacial score (nSPS) is 10.3. The van der Waals surface area contributed by atoms with E-state index in [1.807, 2.05) is 0 Å². The quantitative estimate of drug-likeness (QED) is 0.846. The van der Waals surface area contributed by atoms with Crippen LogP contribution in [0.2, 0.25) is 0 Å². The Morgan fingerprint density at radius 1 is 1.30 bits per heavy atom. The van der Waals surface area contributed by atoms with Crippen molar-refractivity contribution in [3.05, 3.63) is 47.8 Å². The first-order chi connectivity index (χ1) is 9.51. The molecule has 20 heavy (non-hydrogen) atoms. The van der Waals surface area contributed by atoms with Gasteiger partial charge in [-0.15, -0.1) is 0 Å². The van der Waals surface area contributed by atoms with Crippen LogP contribution in [0.25, 0.3) is 0 Å². The van der Waals surface area contributed by atoms with E-state index in [2.05, 4.69) is 0 Å². The summed E-state index contributed by atoms with van der Waals surface area (Å²) in [5.41, 5.74) is 5.28. The average molecular weight is 293 g/mol. The Hall–Kier alpha value is -2.21. The summed E-state index contributed by atoms with van der Waals surface area (Å²) < 4.78 is 18.8. The van der Waals surface area contributed by atoms with Crippen molar-refractivity contribution in [3.63, 3.8) is 0 Å². The van der Waals surface area contributed by atoms with E-state index in [4.69, 9.17) is 15.6 Å². The molecule has 0 aliphatic carbocycles. The highest BCUT2D eigenvalue weighted by molar-refractivity contribution is 7.99. The summed E-state index contributed by atoms with van der Waals surface area (Å²) in [6, 6.07) is 9.28. The van der Waals surface area contributed by atoms with E-state index < -0.39 is 11.8 Å². The Morgan fingerprint density at radius 3 is 2.50 bits per heavy atom. The molecule has 0 aliphatic rings. The third-order valence-corrected chi connectivity index (χ3v) is 3.66. The maximum absolute atomic E-state index is 13.8. The number of ether oxygens (including phenoxy) is 1. The molecular formula is C14H12FNO3S. The van der Waals surface area contributed by atoms with E-state index in [0.29, 0.717) is 5.75 Å². The van der Waals surface area contributed by atoms with E-state index >= 15 is 0 Å². The predicted octanol–water partition coefficient (Wildman–Crippen LogP) is 3.27. The van der Waals surface area contributed by atoms with E-state index in [1.165, 1.54) is 6.07 Å². The van der Waals surface area contributed by atoms with Crippen molar-refractivity contribution in [2.75, 3.05) is 12.8 Å². The molecule has 2 rings (SSSR count). The monoisotopic (exact) mass is 293 g/mol. The SMILES string of the molecule is COc1ccc(Sc2cc(C(=O)O)c(N)cc2F)cc1. The van der Waals surface area contributed by atoms with Gasteiger partial charge in [-0.3, -0.25) is 0 Å². The highest BCUT2D eigenvalue weighted by atomic mass is 32.2. The molecule has 3 N–H and O–H groups in total. The third-order valence-electron chi connectivity index (χ3n) is 2.62. The number of hydrogen-bond donors (Lipinski definition) is 2. The second-order valence-electron chi connectivity index (χ2n) is 3.95. The number of carbonyl (C=O) groups is 1. The molecule has 0 saturated carbocycles. The number of carboxylic acid groups (broad SMARTS) is 1. The minimum Gasteiger partial charge on any atom is -0.497 e. The number of nitrogens with two attached hydrogens (primary N) is 1. The Kier molecular flexibility index (Phi) is 4.14. The van der Waals surface area contributed by atoms with Crippen molar-refractivity contribution in [2.45, 2.75) is 9.79 Å². The lowest BCUT2D eigenvalue weighted by molar-refractivity contribution is 0.0697. The van der Waals surface area contributed by atoms with Gasteiger partial charge in [0.15, 0.2) is 0 Å². The van der Waals surface area contributed by atoms with Crippen LogP contribution < -0.4 is 10.5 Å². The molecule has 104 valence electrons. The first-order valence-corrected chi connectivity index (χ1v) is 6.47. The van der Waals surface area contributed by atoms with E-state index in [9.17, 15) is 9.18 Å². The van der Waals surface area contributed by atoms with Gasteiger partial charge >= 0.3 is 5.97 Å². The van der Waals surface area contributed by atoms with Crippen LogP contribution in [-0.2, 0) is 0 Å². The van der Waals surface area contributed by atoms with Crippen molar-refractivity contribution < 1.29 is 19.0 Å². The van der Waals surface area contributed by atoms with Gasteiger partial charge in [0, 0.05) is 15.5 Å². The smallest absolute Gasteiger partial charge is 0.337 e. The average Bonchev–Trinajstić information content (AvgIpc) is 2.42. The van der Waals surface area contributed by atoms with Crippen molar-refractivity contribution >= 4 is 23.4 Å². The molecule has 0 heterocycles. The number of aromatic carboxylic acids is 1. The zero-order valence-electron chi connectivity index (χ0n) is 10.6. The van der Waals surface area contributed by atoms with E-state index in [-0.39, 0.29) is 16.1 Å². The second-order valence-corrected chi connectivity index (χ2v) is 5.07. The lowest BCUT2D eigenvalue weighted by Gasteiger charge is -2.08. The molecule has 0 spiro atoms. The Balaban J connectivity index is 2.32. The molecule has 0 unspecified atom stereocenters. The lowest BCUT2D eigenvalue weighted by atomic mass is 10.2. The number of rotatable bonds is 4. The summed E-state index contributed by atoms with van der Waals surface area (Å²) in [4.78, 5) is 12.0. The van der Waals surface area contributed by atoms with Crippen LogP contribution in [0, 0.1) is 5.82 Å². The molecule has 0 aliphatic heterocycles. The molecule has 0 fully saturated rings. The highest BCUT2D eigenvalue weighted by Crippen LogP contribution is 2.33. The van der Waals surface area contributed by atoms with Gasteiger partial charge in [-0.1, -0.05) is 11.8 Å². The van der Waals surface area contributed by atoms with Crippen LogP contribution >= 0.6 is 11.8 Å². The van der Waals surface area contributed by atoms with Crippen LogP contribution in [0.1, 0.15) is 10.4 Å². The molecule has 2 aromatic rings. The molecule has 4 nitrogen and oxygen atoms in total. The van der Waals surface area contributed by atoms with Gasteiger partial charge in [0.1, 0.15) is 11.6 Å². The first kappa shape index (κ1) is 14.2. The fourth-order valence-electron chi connectivity index (χ4n) is 1.60. The number of hydrogen-bond acceptors (Lipinski definition) is 4. The van der Waals surface area contributed by atoms with E-state index in [1.54, 1.807) is 31.4 Å². The Morgan fingerprint density at radius 2 is 1.95 bits per heavy atom. The molecular weight excluding hydrogens is 281 g/mol. The standard InChI is InChI=1S/C14H12FNO3S/c1-19-8-2-4-9(5-3-8)20-13-6-10(14(17)18)12(16)7-11(13)15/h2-7H,16H2,1H3,(H,17,18). The van der Waals surface area contributed by atoms with Crippen molar-refractivity contribution in [2.24, 2.45) is 0 Å². The summed E-state index contributed by atoms with van der Waals surface area (Å²) in [5, 5.41) is 8.99. The number of carboxylic acids is 1. The van der Waals surface area contributed by atoms with Gasteiger partial charge < -0.3 is 15.6 Å². The maximum Gasteiger partial charge on any atom is 0.337 e. The summed E-state index contributed by atoms with van der Waals surface area (Å²) in [7, 11) is 1.56. The van der Waals surface area contributed by atoms with Crippen molar-refractivity contribution in [1.82, 2.24) is 0 Å². The topological polar surface area (TPSA) is 72.5 Å². The fourth-order valence-corrected chi connectivity index (χ4v) is 2.46. The van der Waals surface area contributed by atoms with Gasteiger partial charge in [-0.05, 0) is 36.4 Å². The molecule has 0 bridgehead atoms. The zero-order valence-corrected chi connectivity index (χ0v) is 11.4. The van der Waals surface area contributed by atoms with Crippen molar-refractivity contribution in [1.29, 1.82) is 0 Å². The summed E-state index contributed by atoms with van der Waals surface area (Å²) in [6.45, 7) is 0. The minimum atomic E-state index is -1.18. The second kappa shape index (κ2) is 5.83. The number of nitrogen functional groups attached to an aromatic ring is 1. The molecule has 0 aromatic heterocycles. The summed E-state index contributed by atoms with van der Waals surface area (Å²) in [6.07, 6.45) is 0. The lowest BCUT2D eigenvalue weighted by Crippen LogP contribution is -2.03. The number of benzene rings is 2. The van der Waals surface area contributed by atoms with Crippen LogP contribution in [0.15, 0.2) is 46.2 Å². The summed E-state index contributed by atoms with van der Waals surface area (Å²) >= 11 is 1.12. The number of methoxy groups -OCH3 is 1. The van der Waals surface area contributed by atoms with E-state index in [0.717, 1.165) is 22.7 Å². The van der Waals surface area contributed by atoms with Gasteiger partial charge in [0.2, 0.25) is 0 Å². The summed E-state index contributed by atoms with van der Waals surface area (Å²) in [5.74, 6) is -1.04. The highest BCUT2D eigenvalue weighted by Gasteiger charge is 2.14. The van der Waals surface area contributed by atoms with Crippen LogP contribution in [0.5, 0.6) is 5.75 Å². The van der Waals surface area contributed by atoms with Gasteiger partial charge in [0.25, 0.3) is 0 Å². The molecule has 0 amide bonds. The number of anilines is 1. The van der Waals surface area contributed by atoms with Crippen LogP contribution in [0.3, 0.4) is 0 Å². The fraction of sp³-hybridized carbons (Fsp3) is 0.0714. The largest absolute Gasteiger partial charge is 0.497 e. The molecule has 0 radical (unpaired) electrons. The molecule has 0 saturated heterocycles. The number of halogens is 1.